The third-order valence-corrected chi connectivity index (χ3v) is 5.16. The van der Waals surface area contributed by atoms with E-state index in [1.807, 2.05) is 25.3 Å². The maximum atomic E-state index is 11.6. The van der Waals surface area contributed by atoms with Crippen LogP contribution in [0.25, 0.3) is 0 Å². The molecule has 0 aliphatic carbocycles. The van der Waals surface area contributed by atoms with Gasteiger partial charge in [-0.25, -0.2) is 15.0 Å². The number of carbonyl (C=O) groups excluding carboxylic acids is 1. The van der Waals surface area contributed by atoms with Crippen LogP contribution in [-0.2, 0) is 4.79 Å². The summed E-state index contributed by atoms with van der Waals surface area (Å²) in [6, 6.07) is 2.01. The average Bonchev–Trinajstić information content (AvgIpc) is 2.99. The van der Waals surface area contributed by atoms with Crippen LogP contribution in [0.2, 0.25) is 0 Å². The second kappa shape index (κ2) is 7.88. The van der Waals surface area contributed by atoms with Crippen LogP contribution >= 0.6 is 11.3 Å². The molecule has 25 heavy (non-hydrogen) atoms. The zero-order valence-electron chi connectivity index (χ0n) is 14.9. The summed E-state index contributed by atoms with van der Waals surface area (Å²) in [5, 5.41) is 8.82. The number of rotatable bonds is 5. The minimum atomic E-state index is 0.0565. The third-order valence-electron chi connectivity index (χ3n) is 4.28. The van der Waals surface area contributed by atoms with Gasteiger partial charge in [0, 0.05) is 31.0 Å². The largest absolute Gasteiger partial charge is 0.358 e. The Hall–Kier alpha value is -2.06. The number of nitrogens with one attached hydrogen (secondary N) is 2. The molecule has 0 bridgehead atoms. The summed E-state index contributed by atoms with van der Waals surface area (Å²) in [4.78, 5) is 27.4. The Morgan fingerprint density at radius 3 is 2.92 bits per heavy atom. The van der Waals surface area contributed by atoms with Crippen LogP contribution in [0.15, 0.2) is 11.4 Å². The molecule has 0 saturated carbocycles. The van der Waals surface area contributed by atoms with Gasteiger partial charge in [0.05, 0.1) is 17.9 Å². The molecule has 3 rings (SSSR count). The molecule has 0 unspecified atom stereocenters. The SMILES string of the molecule is CNC(=O)CN1CCC[C@H](c2cc(Nc3nc(C)cs3)nc(C)n2)C1. The summed E-state index contributed by atoms with van der Waals surface area (Å²) in [5.41, 5.74) is 2.03. The van der Waals surface area contributed by atoms with Crippen molar-refractivity contribution in [2.24, 2.45) is 0 Å². The van der Waals surface area contributed by atoms with Crippen molar-refractivity contribution < 1.29 is 4.79 Å². The van der Waals surface area contributed by atoms with Crippen molar-refractivity contribution in [3.8, 4) is 0 Å². The highest BCUT2D eigenvalue weighted by Crippen LogP contribution is 2.28. The van der Waals surface area contributed by atoms with Gasteiger partial charge in [0.25, 0.3) is 0 Å². The van der Waals surface area contributed by atoms with Crippen LogP contribution in [0, 0.1) is 13.8 Å². The standard InChI is InChI=1S/C17H24N6OS/c1-11-10-25-17(19-11)22-15-7-14(20-12(2)21-15)13-5-4-6-23(8-13)9-16(24)18-3/h7,10,13H,4-6,8-9H2,1-3H3,(H,18,24)(H,19,20,21,22)/t13-/m0/s1. The molecule has 1 aliphatic rings. The smallest absolute Gasteiger partial charge is 0.233 e. The molecule has 2 aromatic rings. The van der Waals surface area contributed by atoms with Gasteiger partial charge < -0.3 is 10.6 Å². The highest BCUT2D eigenvalue weighted by Gasteiger charge is 2.24. The summed E-state index contributed by atoms with van der Waals surface area (Å²) in [5.74, 6) is 1.90. The minimum absolute atomic E-state index is 0.0565. The quantitative estimate of drug-likeness (QED) is 0.851. The van der Waals surface area contributed by atoms with E-state index in [4.69, 9.17) is 0 Å². The number of hydrogen-bond acceptors (Lipinski definition) is 7. The van der Waals surface area contributed by atoms with E-state index in [0.717, 1.165) is 54.1 Å². The fourth-order valence-electron chi connectivity index (χ4n) is 3.11. The summed E-state index contributed by atoms with van der Waals surface area (Å²) in [7, 11) is 1.68. The summed E-state index contributed by atoms with van der Waals surface area (Å²) in [6.45, 7) is 6.13. The van der Waals surface area contributed by atoms with Crippen molar-refractivity contribution in [3.63, 3.8) is 0 Å². The first kappa shape index (κ1) is 17.8. The molecular weight excluding hydrogens is 336 g/mol. The van der Waals surface area contributed by atoms with Crippen LogP contribution in [-0.4, -0.2) is 52.4 Å². The normalized spacial score (nSPS) is 18.1. The topological polar surface area (TPSA) is 83.0 Å². The second-order valence-electron chi connectivity index (χ2n) is 6.39. The molecule has 0 radical (unpaired) electrons. The lowest BCUT2D eigenvalue weighted by molar-refractivity contribution is -0.122. The molecule has 2 aromatic heterocycles. The fraction of sp³-hybridized carbons (Fsp3) is 0.529. The Bertz CT molecular complexity index is 746. The van der Waals surface area contributed by atoms with Crippen molar-refractivity contribution in [3.05, 3.63) is 28.7 Å². The molecule has 0 spiro atoms. The van der Waals surface area contributed by atoms with Gasteiger partial charge in [-0.15, -0.1) is 11.3 Å². The van der Waals surface area contributed by atoms with Crippen molar-refractivity contribution in [1.82, 2.24) is 25.2 Å². The Balaban J connectivity index is 1.73. The third kappa shape index (κ3) is 4.73. The lowest BCUT2D eigenvalue weighted by atomic mass is 9.94. The first-order chi connectivity index (χ1) is 12.0. The van der Waals surface area contributed by atoms with E-state index < -0.39 is 0 Å². The van der Waals surface area contributed by atoms with E-state index in [9.17, 15) is 4.79 Å². The number of amides is 1. The van der Waals surface area contributed by atoms with Crippen LogP contribution in [0.1, 0.15) is 36.0 Å². The maximum absolute atomic E-state index is 11.6. The monoisotopic (exact) mass is 360 g/mol. The first-order valence-electron chi connectivity index (χ1n) is 8.51. The maximum Gasteiger partial charge on any atom is 0.233 e. The van der Waals surface area contributed by atoms with Crippen molar-refractivity contribution >= 4 is 28.2 Å². The van der Waals surface area contributed by atoms with Gasteiger partial charge in [0.1, 0.15) is 11.6 Å². The predicted molar refractivity (Wildman–Crippen MR) is 99.4 cm³/mol. The van der Waals surface area contributed by atoms with Gasteiger partial charge in [-0.3, -0.25) is 9.69 Å². The van der Waals surface area contributed by atoms with Gasteiger partial charge >= 0.3 is 0 Å². The second-order valence-corrected chi connectivity index (χ2v) is 7.25. The number of carbonyl (C=O) groups is 1. The van der Waals surface area contributed by atoms with Gasteiger partial charge in [-0.1, -0.05) is 0 Å². The van der Waals surface area contributed by atoms with Crippen LogP contribution in [0.3, 0.4) is 0 Å². The van der Waals surface area contributed by atoms with Crippen molar-refractivity contribution in [2.75, 3.05) is 32.0 Å². The van der Waals surface area contributed by atoms with E-state index in [1.54, 1.807) is 18.4 Å². The highest BCUT2D eigenvalue weighted by molar-refractivity contribution is 7.13. The predicted octanol–water partition coefficient (Wildman–Crippen LogP) is 2.22. The molecule has 134 valence electrons. The van der Waals surface area contributed by atoms with Crippen molar-refractivity contribution in [1.29, 1.82) is 0 Å². The lowest BCUT2D eigenvalue weighted by Gasteiger charge is -2.32. The number of anilines is 2. The Labute approximate surface area is 151 Å². The van der Waals surface area contributed by atoms with E-state index in [-0.39, 0.29) is 5.91 Å². The molecule has 1 fully saturated rings. The Kier molecular flexibility index (Phi) is 5.60. The van der Waals surface area contributed by atoms with Crippen LogP contribution < -0.4 is 10.6 Å². The van der Waals surface area contributed by atoms with E-state index in [0.29, 0.717) is 12.5 Å². The number of likely N-dealkylation sites (tertiary alicyclic amines) is 1. The molecule has 7 nitrogen and oxygen atoms in total. The van der Waals surface area contributed by atoms with Crippen molar-refractivity contribution in [2.45, 2.75) is 32.6 Å². The fourth-order valence-corrected chi connectivity index (χ4v) is 3.80. The number of piperidine rings is 1. The van der Waals surface area contributed by atoms with E-state index in [1.165, 1.54) is 0 Å². The molecule has 0 aromatic carbocycles. The molecule has 1 saturated heterocycles. The molecule has 1 aliphatic heterocycles. The summed E-state index contributed by atoms with van der Waals surface area (Å²) in [6.07, 6.45) is 2.15. The number of thiazole rings is 1. The van der Waals surface area contributed by atoms with Gasteiger partial charge in [0.15, 0.2) is 5.13 Å². The molecular formula is C17H24N6OS. The number of nitrogens with zero attached hydrogens (tertiary/aromatic N) is 4. The number of aryl methyl sites for hydroxylation is 2. The number of hydrogen-bond donors (Lipinski definition) is 2. The Morgan fingerprint density at radius 2 is 2.20 bits per heavy atom. The highest BCUT2D eigenvalue weighted by atomic mass is 32.1. The first-order valence-corrected chi connectivity index (χ1v) is 9.39. The number of aromatic nitrogens is 3. The molecule has 3 heterocycles. The van der Waals surface area contributed by atoms with Crippen LogP contribution in [0.4, 0.5) is 10.9 Å². The van der Waals surface area contributed by atoms with E-state index in [2.05, 4.69) is 30.5 Å². The zero-order chi connectivity index (χ0) is 17.8. The minimum Gasteiger partial charge on any atom is -0.358 e. The Morgan fingerprint density at radius 1 is 1.36 bits per heavy atom. The van der Waals surface area contributed by atoms with Crippen LogP contribution in [0.5, 0.6) is 0 Å². The number of likely N-dealkylation sites (N-methyl/N-ethyl adjacent to an activating group) is 1. The molecule has 1 atom stereocenters. The van der Waals surface area contributed by atoms with Gasteiger partial charge in [-0.05, 0) is 33.2 Å². The van der Waals surface area contributed by atoms with Gasteiger partial charge in [-0.2, -0.15) is 0 Å². The van der Waals surface area contributed by atoms with E-state index >= 15 is 0 Å². The molecule has 1 amide bonds. The summed E-state index contributed by atoms with van der Waals surface area (Å²) < 4.78 is 0. The zero-order valence-corrected chi connectivity index (χ0v) is 15.7. The molecule has 8 heteroatoms. The van der Waals surface area contributed by atoms with Gasteiger partial charge in [0.2, 0.25) is 5.91 Å². The lowest BCUT2D eigenvalue weighted by Crippen LogP contribution is -2.41. The average molecular weight is 360 g/mol. The summed E-state index contributed by atoms with van der Waals surface area (Å²) >= 11 is 1.57. The molecule has 2 N–H and O–H groups in total.